The standard InChI is InChI=1S/C14H15ClFNO3/c15-11-6-8(4-5-12(11)16)7-17-13(18)9-2-1-3-10(9)14(19)20/h4-6,9-10H,1-3,7H2,(H,17,18)(H,19,20)/t9-,10+/m1/s1. The second kappa shape index (κ2) is 6.22. The molecular weight excluding hydrogens is 285 g/mol. The molecular formula is C14H15ClFNO3. The van der Waals surface area contributed by atoms with Crippen LogP contribution >= 0.6 is 11.6 Å². The summed E-state index contributed by atoms with van der Waals surface area (Å²) in [4.78, 5) is 23.0. The third-order valence-corrected chi connectivity index (χ3v) is 3.91. The molecule has 6 heteroatoms. The van der Waals surface area contributed by atoms with Gasteiger partial charge in [-0.15, -0.1) is 0 Å². The fraction of sp³-hybridized carbons (Fsp3) is 0.429. The topological polar surface area (TPSA) is 66.4 Å². The van der Waals surface area contributed by atoms with Crippen molar-refractivity contribution in [1.29, 1.82) is 0 Å². The van der Waals surface area contributed by atoms with Gasteiger partial charge in [-0.05, 0) is 30.5 Å². The largest absolute Gasteiger partial charge is 0.481 e. The van der Waals surface area contributed by atoms with Crippen LogP contribution in [0.15, 0.2) is 18.2 Å². The minimum atomic E-state index is -0.924. The predicted octanol–water partition coefficient (Wildman–Crippen LogP) is 2.60. The van der Waals surface area contributed by atoms with Crippen LogP contribution in [-0.4, -0.2) is 17.0 Å². The van der Waals surface area contributed by atoms with Gasteiger partial charge in [-0.3, -0.25) is 9.59 Å². The van der Waals surface area contributed by atoms with E-state index in [1.54, 1.807) is 0 Å². The van der Waals surface area contributed by atoms with Crippen molar-refractivity contribution in [2.24, 2.45) is 11.8 Å². The summed E-state index contributed by atoms with van der Waals surface area (Å²) in [5, 5.41) is 11.7. The first kappa shape index (κ1) is 14.8. The molecule has 1 aliphatic rings. The highest BCUT2D eigenvalue weighted by Gasteiger charge is 2.37. The van der Waals surface area contributed by atoms with Gasteiger partial charge in [0.25, 0.3) is 0 Å². The summed E-state index contributed by atoms with van der Waals surface area (Å²) in [5.74, 6) is -2.79. The normalized spacial score (nSPS) is 21.7. The lowest BCUT2D eigenvalue weighted by Gasteiger charge is -2.15. The van der Waals surface area contributed by atoms with Crippen LogP contribution in [0.3, 0.4) is 0 Å². The van der Waals surface area contributed by atoms with Crippen LogP contribution in [0.2, 0.25) is 5.02 Å². The lowest BCUT2D eigenvalue weighted by atomic mass is 9.95. The van der Waals surface area contributed by atoms with Crippen molar-refractivity contribution in [3.05, 3.63) is 34.6 Å². The van der Waals surface area contributed by atoms with Crippen LogP contribution in [0.1, 0.15) is 24.8 Å². The van der Waals surface area contributed by atoms with Gasteiger partial charge < -0.3 is 10.4 Å². The van der Waals surface area contributed by atoms with E-state index in [0.717, 1.165) is 6.42 Å². The van der Waals surface area contributed by atoms with Gasteiger partial charge in [-0.25, -0.2) is 4.39 Å². The molecule has 0 spiro atoms. The Morgan fingerprint density at radius 3 is 2.70 bits per heavy atom. The van der Waals surface area contributed by atoms with Crippen molar-refractivity contribution >= 4 is 23.5 Å². The van der Waals surface area contributed by atoms with Gasteiger partial charge in [0.1, 0.15) is 5.82 Å². The maximum Gasteiger partial charge on any atom is 0.307 e. The van der Waals surface area contributed by atoms with E-state index < -0.39 is 23.6 Å². The number of carboxylic acids is 1. The summed E-state index contributed by atoms with van der Waals surface area (Å²) in [6, 6.07) is 4.21. The average Bonchev–Trinajstić information content (AvgIpc) is 2.89. The molecule has 2 atom stereocenters. The van der Waals surface area contributed by atoms with Gasteiger partial charge in [-0.1, -0.05) is 24.1 Å². The van der Waals surface area contributed by atoms with Gasteiger partial charge in [0.05, 0.1) is 16.9 Å². The third kappa shape index (κ3) is 3.28. The van der Waals surface area contributed by atoms with Gasteiger partial charge in [0.2, 0.25) is 5.91 Å². The third-order valence-electron chi connectivity index (χ3n) is 3.62. The summed E-state index contributed by atoms with van der Waals surface area (Å²) in [6.45, 7) is 0.210. The molecule has 1 aliphatic carbocycles. The van der Waals surface area contributed by atoms with E-state index in [-0.39, 0.29) is 17.5 Å². The van der Waals surface area contributed by atoms with E-state index in [9.17, 15) is 14.0 Å². The Bertz CT molecular complexity index is 535. The molecule has 2 N–H and O–H groups in total. The first-order valence-electron chi connectivity index (χ1n) is 6.43. The molecule has 0 saturated heterocycles. The molecule has 2 rings (SSSR count). The van der Waals surface area contributed by atoms with Gasteiger partial charge in [0.15, 0.2) is 0 Å². The number of aliphatic carboxylic acids is 1. The van der Waals surface area contributed by atoms with Crippen LogP contribution in [0.4, 0.5) is 4.39 Å². The Kier molecular flexibility index (Phi) is 4.60. The van der Waals surface area contributed by atoms with Crippen LogP contribution < -0.4 is 5.32 Å². The Hall–Kier alpha value is -1.62. The first-order valence-corrected chi connectivity index (χ1v) is 6.81. The number of amides is 1. The minimum absolute atomic E-state index is 0.000952. The highest BCUT2D eigenvalue weighted by Crippen LogP contribution is 2.32. The van der Waals surface area contributed by atoms with E-state index in [4.69, 9.17) is 16.7 Å². The van der Waals surface area contributed by atoms with Gasteiger partial charge >= 0.3 is 5.97 Å². The summed E-state index contributed by atoms with van der Waals surface area (Å²) < 4.78 is 13.0. The van der Waals surface area contributed by atoms with E-state index >= 15 is 0 Å². The number of benzene rings is 1. The quantitative estimate of drug-likeness (QED) is 0.898. The predicted molar refractivity (Wildman–Crippen MR) is 71.7 cm³/mol. The van der Waals surface area contributed by atoms with Crippen molar-refractivity contribution < 1.29 is 19.1 Å². The van der Waals surface area contributed by atoms with Crippen molar-refractivity contribution in [1.82, 2.24) is 5.32 Å². The van der Waals surface area contributed by atoms with E-state index in [1.807, 2.05) is 0 Å². The Labute approximate surface area is 120 Å². The zero-order valence-electron chi connectivity index (χ0n) is 10.7. The number of carboxylic acid groups (broad SMARTS) is 1. The Morgan fingerprint density at radius 1 is 1.35 bits per heavy atom. The first-order chi connectivity index (χ1) is 9.49. The lowest BCUT2D eigenvalue weighted by molar-refractivity contribution is -0.146. The zero-order chi connectivity index (χ0) is 14.7. The maximum atomic E-state index is 13.0. The fourth-order valence-corrected chi connectivity index (χ4v) is 2.74. The SMILES string of the molecule is O=C(O)[C@H]1CCC[C@H]1C(=O)NCc1ccc(F)c(Cl)c1. The molecule has 1 fully saturated rings. The van der Waals surface area contributed by atoms with Gasteiger partial charge in [0, 0.05) is 6.54 Å². The molecule has 1 saturated carbocycles. The maximum absolute atomic E-state index is 13.0. The summed E-state index contributed by atoms with van der Waals surface area (Å²) in [7, 11) is 0. The van der Waals surface area contributed by atoms with Crippen LogP contribution in [0.5, 0.6) is 0 Å². The number of hydrogen-bond acceptors (Lipinski definition) is 2. The molecule has 20 heavy (non-hydrogen) atoms. The molecule has 0 radical (unpaired) electrons. The molecule has 0 bridgehead atoms. The summed E-state index contributed by atoms with van der Waals surface area (Å²) >= 11 is 5.66. The summed E-state index contributed by atoms with van der Waals surface area (Å²) in [6.07, 6.45) is 1.88. The van der Waals surface area contributed by atoms with Crippen molar-refractivity contribution in [2.75, 3.05) is 0 Å². The van der Waals surface area contributed by atoms with E-state index in [0.29, 0.717) is 18.4 Å². The smallest absolute Gasteiger partial charge is 0.307 e. The van der Waals surface area contributed by atoms with Crippen molar-refractivity contribution in [2.45, 2.75) is 25.8 Å². The Balaban J connectivity index is 1.94. The highest BCUT2D eigenvalue weighted by molar-refractivity contribution is 6.30. The molecule has 0 heterocycles. The second-order valence-electron chi connectivity index (χ2n) is 4.95. The molecule has 1 aromatic rings. The number of carbonyl (C=O) groups excluding carboxylic acids is 1. The summed E-state index contributed by atoms with van der Waals surface area (Å²) in [5.41, 5.74) is 0.676. The van der Waals surface area contributed by atoms with Crippen LogP contribution in [-0.2, 0) is 16.1 Å². The molecule has 0 aromatic heterocycles. The number of halogens is 2. The number of nitrogens with one attached hydrogen (secondary N) is 1. The highest BCUT2D eigenvalue weighted by atomic mass is 35.5. The average molecular weight is 300 g/mol. The Morgan fingerprint density at radius 2 is 2.05 bits per heavy atom. The molecule has 0 aliphatic heterocycles. The van der Waals surface area contributed by atoms with Crippen LogP contribution in [0, 0.1) is 17.7 Å². The van der Waals surface area contributed by atoms with E-state index in [1.165, 1.54) is 18.2 Å². The molecule has 1 aromatic carbocycles. The monoisotopic (exact) mass is 299 g/mol. The minimum Gasteiger partial charge on any atom is -0.481 e. The lowest BCUT2D eigenvalue weighted by Crippen LogP contribution is -2.34. The van der Waals surface area contributed by atoms with Crippen molar-refractivity contribution in [3.63, 3.8) is 0 Å². The van der Waals surface area contributed by atoms with Crippen LogP contribution in [0.25, 0.3) is 0 Å². The fourth-order valence-electron chi connectivity index (χ4n) is 2.54. The molecule has 0 unspecified atom stereocenters. The molecule has 108 valence electrons. The zero-order valence-corrected chi connectivity index (χ0v) is 11.5. The number of rotatable bonds is 4. The van der Waals surface area contributed by atoms with E-state index in [2.05, 4.69) is 5.32 Å². The van der Waals surface area contributed by atoms with Gasteiger partial charge in [-0.2, -0.15) is 0 Å². The van der Waals surface area contributed by atoms with Crippen molar-refractivity contribution in [3.8, 4) is 0 Å². The molecule has 4 nitrogen and oxygen atoms in total. The number of carbonyl (C=O) groups is 2. The molecule has 1 amide bonds. The second-order valence-corrected chi connectivity index (χ2v) is 5.36. The number of hydrogen-bond donors (Lipinski definition) is 2.